The van der Waals surface area contributed by atoms with Crippen LogP contribution in [-0.4, -0.2) is 31.5 Å². The molecule has 0 unspecified atom stereocenters. The molecule has 0 aliphatic carbocycles. The molecule has 3 nitrogen and oxygen atoms in total. The Morgan fingerprint density at radius 3 is 2.25 bits per heavy atom. The Kier molecular flexibility index (Phi) is 3.95. The van der Waals surface area contributed by atoms with Gasteiger partial charge in [-0.15, -0.1) is 0 Å². The molecule has 20 heavy (non-hydrogen) atoms. The van der Waals surface area contributed by atoms with E-state index in [0.29, 0.717) is 0 Å². The molecule has 1 aliphatic rings. The number of benzene rings is 1. The van der Waals surface area contributed by atoms with Crippen molar-refractivity contribution in [1.82, 2.24) is 4.31 Å². The van der Waals surface area contributed by atoms with Gasteiger partial charge in [0.1, 0.15) is 6.17 Å². The second-order valence-electron chi connectivity index (χ2n) is 6.60. The van der Waals surface area contributed by atoms with Crippen molar-refractivity contribution in [2.24, 2.45) is 5.41 Å². The van der Waals surface area contributed by atoms with Crippen LogP contribution in [0, 0.1) is 12.3 Å². The molecule has 1 fully saturated rings. The van der Waals surface area contributed by atoms with Gasteiger partial charge in [0.2, 0.25) is 10.0 Å². The topological polar surface area (TPSA) is 37.4 Å². The summed E-state index contributed by atoms with van der Waals surface area (Å²) in [7, 11) is -3.63. The SMILES string of the molecule is Cc1ccc(S(=O)(=O)N2C[C@H](F)C[C@@H]2C(C)(C)C)cc1. The van der Waals surface area contributed by atoms with E-state index >= 15 is 0 Å². The molecule has 0 N–H and O–H groups in total. The van der Waals surface area contributed by atoms with E-state index in [4.69, 9.17) is 0 Å². The molecular formula is C15H22FNO2S. The van der Waals surface area contributed by atoms with Crippen molar-refractivity contribution in [3.05, 3.63) is 29.8 Å². The maximum atomic E-state index is 13.8. The summed E-state index contributed by atoms with van der Waals surface area (Å²) in [6.07, 6.45) is -0.811. The predicted octanol–water partition coefficient (Wildman–Crippen LogP) is 3.14. The zero-order valence-corrected chi connectivity index (χ0v) is 13.2. The quantitative estimate of drug-likeness (QED) is 0.841. The number of sulfonamides is 1. The third kappa shape index (κ3) is 2.88. The number of hydrogen-bond donors (Lipinski definition) is 0. The lowest BCUT2D eigenvalue weighted by Gasteiger charge is -2.33. The van der Waals surface area contributed by atoms with Gasteiger partial charge in [-0.1, -0.05) is 38.5 Å². The van der Waals surface area contributed by atoms with E-state index in [1.807, 2.05) is 27.7 Å². The Morgan fingerprint density at radius 2 is 1.75 bits per heavy atom. The van der Waals surface area contributed by atoms with Crippen LogP contribution in [0.15, 0.2) is 29.2 Å². The van der Waals surface area contributed by atoms with Gasteiger partial charge in [-0.2, -0.15) is 4.31 Å². The molecule has 0 aromatic heterocycles. The van der Waals surface area contributed by atoms with Crippen molar-refractivity contribution >= 4 is 10.0 Å². The van der Waals surface area contributed by atoms with E-state index in [1.54, 1.807) is 24.3 Å². The Morgan fingerprint density at radius 1 is 1.20 bits per heavy atom. The number of halogens is 1. The van der Waals surface area contributed by atoms with E-state index in [1.165, 1.54) is 4.31 Å². The Bertz CT molecular complexity index is 575. The lowest BCUT2D eigenvalue weighted by Crippen LogP contribution is -2.43. The van der Waals surface area contributed by atoms with Gasteiger partial charge in [0.05, 0.1) is 4.90 Å². The molecule has 0 amide bonds. The van der Waals surface area contributed by atoms with E-state index in [-0.39, 0.29) is 29.3 Å². The minimum Gasteiger partial charge on any atom is -0.246 e. The molecule has 2 rings (SSSR count). The van der Waals surface area contributed by atoms with Gasteiger partial charge in [-0.05, 0) is 30.9 Å². The molecule has 0 spiro atoms. The Hall–Kier alpha value is -0.940. The minimum atomic E-state index is -3.63. The first-order valence-electron chi connectivity index (χ1n) is 6.85. The second kappa shape index (κ2) is 5.11. The highest BCUT2D eigenvalue weighted by molar-refractivity contribution is 7.89. The number of nitrogens with zero attached hydrogens (tertiary/aromatic N) is 1. The van der Waals surface area contributed by atoms with Crippen LogP contribution in [0.2, 0.25) is 0 Å². The van der Waals surface area contributed by atoms with Gasteiger partial charge in [-0.3, -0.25) is 0 Å². The summed E-state index contributed by atoms with van der Waals surface area (Å²) < 4.78 is 40.5. The normalized spacial score (nSPS) is 25.1. The number of hydrogen-bond acceptors (Lipinski definition) is 2. The molecule has 0 bridgehead atoms. The summed E-state index contributed by atoms with van der Waals surface area (Å²) in [5.41, 5.74) is 0.722. The summed E-state index contributed by atoms with van der Waals surface area (Å²) in [6.45, 7) is 7.72. The Labute approximate surface area is 120 Å². The third-order valence-electron chi connectivity index (χ3n) is 3.83. The van der Waals surface area contributed by atoms with Gasteiger partial charge in [0.25, 0.3) is 0 Å². The highest BCUT2D eigenvalue weighted by atomic mass is 32.2. The number of alkyl halides is 1. The van der Waals surface area contributed by atoms with Crippen molar-refractivity contribution in [3.8, 4) is 0 Å². The molecule has 1 aliphatic heterocycles. The average Bonchev–Trinajstić information content (AvgIpc) is 2.72. The third-order valence-corrected chi connectivity index (χ3v) is 5.72. The minimum absolute atomic E-state index is 0.0435. The van der Waals surface area contributed by atoms with Crippen LogP contribution in [-0.2, 0) is 10.0 Å². The highest BCUT2D eigenvalue weighted by Gasteiger charge is 2.45. The largest absolute Gasteiger partial charge is 0.246 e. The fraction of sp³-hybridized carbons (Fsp3) is 0.600. The molecule has 1 aromatic rings. The summed E-state index contributed by atoms with van der Waals surface area (Å²) >= 11 is 0. The van der Waals surface area contributed by atoms with Crippen LogP contribution in [0.3, 0.4) is 0 Å². The fourth-order valence-electron chi connectivity index (χ4n) is 2.65. The van der Waals surface area contributed by atoms with Crippen molar-refractivity contribution < 1.29 is 12.8 Å². The standard InChI is InChI=1S/C15H22FNO2S/c1-11-5-7-13(8-6-11)20(18,19)17-10-12(16)9-14(17)15(2,3)4/h5-8,12,14H,9-10H2,1-4H3/t12-,14-/m1/s1. The molecule has 5 heteroatoms. The van der Waals surface area contributed by atoms with Crippen LogP contribution < -0.4 is 0 Å². The van der Waals surface area contributed by atoms with Gasteiger partial charge in [0.15, 0.2) is 0 Å². The fourth-order valence-corrected chi connectivity index (χ4v) is 4.50. The molecule has 112 valence electrons. The van der Waals surface area contributed by atoms with Crippen LogP contribution in [0.4, 0.5) is 4.39 Å². The lowest BCUT2D eigenvalue weighted by atomic mass is 9.86. The monoisotopic (exact) mass is 299 g/mol. The summed E-state index contributed by atoms with van der Waals surface area (Å²) in [6, 6.07) is 6.42. The van der Waals surface area contributed by atoms with Crippen molar-refractivity contribution in [2.45, 2.75) is 51.2 Å². The highest BCUT2D eigenvalue weighted by Crippen LogP contribution is 2.37. The van der Waals surface area contributed by atoms with E-state index in [0.717, 1.165) is 5.56 Å². The molecule has 1 aromatic carbocycles. The molecule has 0 radical (unpaired) electrons. The number of rotatable bonds is 2. The maximum absolute atomic E-state index is 13.8. The van der Waals surface area contributed by atoms with Crippen molar-refractivity contribution in [2.75, 3.05) is 6.54 Å². The first-order valence-corrected chi connectivity index (χ1v) is 8.29. The second-order valence-corrected chi connectivity index (χ2v) is 8.49. The predicted molar refractivity (Wildman–Crippen MR) is 77.8 cm³/mol. The number of aryl methyl sites for hydroxylation is 1. The van der Waals surface area contributed by atoms with Gasteiger partial charge < -0.3 is 0 Å². The lowest BCUT2D eigenvalue weighted by molar-refractivity contribution is 0.215. The van der Waals surface area contributed by atoms with E-state index < -0.39 is 16.2 Å². The van der Waals surface area contributed by atoms with E-state index in [9.17, 15) is 12.8 Å². The molecule has 1 saturated heterocycles. The van der Waals surface area contributed by atoms with Crippen molar-refractivity contribution in [3.63, 3.8) is 0 Å². The van der Waals surface area contributed by atoms with Gasteiger partial charge in [0, 0.05) is 12.6 Å². The van der Waals surface area contributed by atoms with Crippen LogP contribution in [0.25, 0.3) is 0 Å². The average molecular weight is 299 g/mol. The van der Waals surface area contributed by atoms with Gasteiger partial charge >= 0.3 is 0 Å². The summed E-state index contributed by atoms with van der Waals surface area (Å²) in [5.74, 6) is 0. The molecule has 0 saturated carbocycles. The zero-order chi connectivity index (χ0) is 15.1. The Balaban J connectivity index is 2.40. The molecule has 2 atom stereocenters. The summed E-state index contributed by atoms with van der Waals surface area (Å²) in [5, 5.41) is 0. The molecule has 1 heterocycles. The first-order chi connectivity index (χ1) is 9.12. The van der Waals surface area contributed by atoms with Crippen LogP contribution in [0.1, 0.15) is 32.8 Å². The molecular weight excluding hydrogens is 277 g/mol. The van der Waals surface area contributed by atoms with Gasteiger partial charge in [-0.25, -0.2) is 12.8 Å². The maximum Gasteiger partial charge on any atom is 0.243 e. The van der Waals surface area contributed by atoms with Crippen LogP contribution in [0.5, 0.6) is 0 Å². The zero-order valence-electron chi connectivity index (χ0n) is 12.4. The summed E-state index contributed by atoms with van der Waals surface area (Å²) in [4.78, 5) is 0.242. The van der Waals surface area contributed by atoms with Crippen molar-refractivity contribution in [1.29, 1.82) is 0 Å². The van der Waals surface area contributed by atoms with Crippen LogP contribution >= 0.6 is 0 Å². The van der Waals surface area contributed by atoms with E-state index in [2.05, 4.69) is 0 Å². The first kappa shape index (κ1) is 15.4. The smallest absolute Gasteiger partial charge is 0.243 e.